The molecule has 0 heterocycles. The van der Waals surface area contributed by atoms with Gasteiger partial charge in [0, 0.05) is 5.57 Å². The largest absolute Gasteiger partial charge is 0.493 e. The van der Waals surface area contributed by atoms with Crippen molar-refractivity contribution in [3.63, 3.8) is 0 Å². The van der Waals surface area contributed by atoms with Gasteiger partial charge in [0.2, 0.25) is 0 Å². The summed E-state index contributed by atoms with van der Waals surface area (Å²) in [6.45, 7) is 7.51. The highest BCUT2D eigenvalue weighted by Gasteiger charge is 2.14. The molecule has 0 aliphatic rings. The Morgan fingerprint density at radius 2 is 1.70 bits per heavy atom. The molecule has 0 saturated heterocycles. The molecule has 0 bridgehead atoms. The second-order valence-corrected chi connectivity index (χ2v) is 3.82. The second-order valence-electron chi connectivity index (χ2n) is 3.82. The van der Waals surface area contributed by atoms with Crippen LogP contribution in [0.15, 0.2) is 35.8 Å². The van der Waals surface area contributed by atoms with E-state index in [-0.39, 0.29) is 18.6 Å². The molecule has 0 aromatic heterocycles. The molecule has 5 heteroatoms. The van der Waals surface area contributed by atoms with E-state index in [1.807, 2.05) is 13.0 Å². The van der Waals surface area contributed by atoms with Gasteiger partial charge in [-0.05, 0) is 25.5 Å². The first-order valence-electron chi connectivity index (χ1n) is 6.37. The highest BCUT2D eigenvalue weighted by molar-refractivity contribution is 6.06. The maximum atomic E-state index is 11.8. The summed E-state index contributed by atoms with van der Waals surface area (Å²) in [5.74, 6) is -0.0799. The van der Waals surface area contributed by atoms with E-state index in [2.05, 4.69) is 6.58 Å². The third kappa shape index (κ3) is 6.22. The Balaban J connectivity index is 4.90. The molecule has 0 aliphatic carbocycles. The third-order valence-electron chi connectivity index (χ3n) is 2.35. The zero-order valence-corrected chi connectivity index (χ0v) is 12.5. The SMILES string of the molecule is C=C(/C=C(OC)\C(=C/CC)OC)C(=O)CC(=O)OCC. The maximum absolute atomic E-state index is 11.8. The predicted octanol–water partition coefficient (Wildman–Crippen LogP) is 2.54. The molecular weight excluding hydrogens is 260 g/mol. The minimum absolute atomic E-state index is 0.161. The number of hydrogen-bond acceptors (Lipinski definition) is 5. The van der Waals surface area contributed by atoms with E-state index in [0.717, 1.165) is 6.42 Å². The molecule has 0 aromatic rings. The lowest BCUT2D eigenvalue weighted by atomic mass is 10.1. The summed E-state index contributed by atoms with van der Waals surface area (Å²) in [5.41, 5.74) is 0.161. The highest BCUT2D eigenvalue weighted by atomic mass is 16.5. The summed E-state index contributed by atoms with van der Waals surface area (Å²) < 4.78 is 15.0. The van der Waals surface area contributed by atoms with Crippen molar-refractivity contribution in [2.75, 3.05) is 20.8 Å². The molecular formula is C15H22O5. The first kappa shape index (κ1) is 18.0. The Kier molecular flexibility index (Phi) is 8.83. The minimum Gasteiger partial charge on any atom is -0.493 e. The minimum atomic E-state index is -0.568. The highest BCUT2D eigenvalue weighted by Crippen LogP contribution is 2.15. The average Bonchev–Trinajstić information content (AvgIpc) is 2.42. The van der Waals surface area contributed by atoms with Crippen molar-refractivity contribution in [2.45, 2.75) is 26.7 Å². The van der Waals surface area contributed by atoms with Crippen LogP contribution < -0.4 is 0 Å². The number of methoxy groups -OCH3 is 2. The van der Waals surface area contributed by atoms with Gasteiger partial charge >= 0.3 is 5.97 Å². The van der Waals surface area contributed by atoms with Crippen molar-refractivity contribution < 1.29 is 23.8 Å². The van der Waals surface area contributed by atoms with Crippen LogP contribution in [0.5, 0.6) is 0 Å². The van der Waals surface area contributed by atoms with Crippen LogP contribution >= 0.6 is 0 Å². The Labute approximate surface area is 119 Å². The molecule has 20 heavy (non-hydrogen) atoms. The smallest absolute Gasteiger partial charge is 0.313 e. The van der Waals surface area contributed by atoms with Gasteiger partial charge in [0.15, 0.2) is 17.3 Å². The quantitative estimate of drug-likeness (QED) is 0.214. The van der Waals surface area contributed by atoms with Gasteiger partial charge in [-0.3, -0.25) is 9.59 Å². The molecule has 0 radical (unpaired) electrons. The number of allylic oxidation sites excluding steroid dienone is 3. The summed E-state index contributed by atoms with van der Waals surface area (Å²) in [6.07, 6.45) is 3.69. The molecule has 0 rings (SSSR count). The van der Waals surface area contributed by atoms with Gasteiger partial charge in [0.05, 0.1) is 20.8 Å². The molecule has 0 atom stereocenters. The first-order valence-corrected chi connectivity index (χ1v) is 6.37. The number of ether oxygens (including phenoxy) is 3. The lowest BCUT2D eigenvalue weighted by Gasteiger charge is -2.10. The molecule has 0 N–H and O–H groups in total. The third-order valence-corrected chi connectivity index (χ3v) is 2.35. The number of hydrogen-bond donors (Lipinski definition) is 0. The average molecular weight is 282 g/mol. The summed E-state index contributed by atoms with van der Waals surface area (Å²) in [5, 5.41) is 0. The normalized spacial score (nSPS) is 11.8. The summed E-state index contributed by atoms with van der Waals surface area (Å²) >= 11 is 0. The van der Waals surface area contributed by atoms with Crippen molar-refractivity contribution in [1.82, 2.24) is 0 Å². The van der Waals surface area contributed by atoms with Gasteiger partial charge in [0.1, 0.15) is 6.42 Å². The van der Waals surface area contributed by atoms with Crippen LogP contribution in [-0.2, 0) is 23.8 Å². The molecule has 0 fully saturated rings. The number of carbonyl (C=O) groups excluding carboxylic acids is 2. The summed E-state index contributed by atoms with van der Waals surface area (Å²) in [7, 11) is 2.98. The predicted molar refractivity (Wildman–Crippen MR) is 75.9 cm³/mol. The molecule has 0 aliphatic heterocycles. The maximum Gasteiger partial charge on any atom is 0.313 e. The number of ketones is 1. The van der Waals surface area contributed by atoms with Crippen LogP contribution in [0.1, 0.15) is 26.7 Å². The fourth-order valence-corrected chi connectivity index (χ4v) is 1.40. The van der Waals surface area contributed by atoms with Crippen molar-refractivity contribution in [1.29, 1.82) is 0 Å². The van der Waals surface area contributed by atoms with Crippen molar-refractivity contribution >= 4 is 11.8 Å². The monoisotopic (exact) mass is 282 g/mol. The fourth-order valence-electron chi connectivity index (χ4n) is 1.40. The molecule has 0 amide bonds. The fraction of sp³-hybridized carbons (Fsp3) is 0.467. The van der Waals surface area contributed by atoms with E-state index in [9.17, 15) is 9.59 Å². The van der Waals surface area contributed by atoms with Crippen LogP contribution in [0, 0.1) is 0 Å². The molecule has 0 aromatic carbocycles. The van der Waals surface area contributed by atoms with Gasteiger partial charge in [0.25, 0.3) is 0 Å². The summed E-state index contributed by atoms with van der Waals surface area (Å²) in [6, 6.07) is 0. The lowest BCUT2D eigenvalue weighted by molar-refractivity contribution is -0.144. The number of carbonyl (C=O) groups is 2. The van der Waals surface area contributed by atoms with Crippen molar-refractivity contribution in [2.24, 2.45) is 0 Å². The van der Waals surface area contributed by atoms with Crippen molar-refractivity contribution in [3.05, 3.63) is 35.8 Å². The molecule has 0 saturated carbocycles. The van der Waals surface area contributed by atoms with Crippen LogP contribution in [0.2, 0.25) is 0 Å². The van der Waals surface area contributed by atoms with Gasteiger partial charge in [-0.15, -0.1) is 0 Å². The second kappa shape index (κ2) is 9.83. The first-order chi connectivity index (χ1) is 9.49. The van der Waals surface area contributed by atoms with E-state index in [4.69, 9.17) is 14.2 Å². The molecule has 0 spiro atoms. The van der Waals surface area contributed by atoms with Crippen LogP contribution in [0.4, 0.5) is 0 Å². The van der Waals surface area contributed by atoms with Gasteiger partial charge in [-0.25, -0.2) is 0 Å². The number of esters is 1. The van der Waals surface area contributed by atoms with E-state index in [1.165, 1.54) is 20.3 Å². The van der Waals surface area contributed by atoms with Gasteiger partial charge < -0.3 is 14.2 Å². The van der Waals surface area contributed by atoms with Gasteiger partial charge in [-0.2, -0.15) is 0 Å². The van der Waals surface area contributed by atoms with E-state index in [0.29, 0.717) is 11.5 Å². The topological polar surface area (TPSA) is 61.8 Å². The molecule has 5 nitrogen and oxygen atoms in total. The Morgan fingerprint density at radius 3 is 2.15 bits per heavy atom. The van der Waals surface area contributed by atoms with Crippen LogP contribution in [0.25, 0.3) is 0 Å². The summed E-state index contributed by atoms with van der Waals surface area (Å²) in [4.78, 5) is 23.0. The zero-order chi connectivity index (χ0) is 15.5. The van der Waals surface area contributed by atoms with Crippen LogP contribution in [0.3, 0.4) is 0 Å². The Hall–Kier alpha value is -2.04. The zero-order valence-electron chi connectivity index (χ0n) is 12.5. The van der Waals surface area contributed by atoms with Gasteiger partial charge in [-0.1, -0.05) is 13.5 Å². The molecule has 112 valence electrons. The number of rotatable bonds is 9. The van der Waals surface area contributed by atoms with E-state index in [1.54, 1.807) is 6.92 Å². The standard InChI is InChI=1S/C15H22O5/c1-6-8-13(18-4)14(19-5)9-11(3)12(16)10-15(17)20-7-2/h8-9H,3,6-7,10H2,1-2,4-5H3/b13-8+,14-9+. The van der Waals surface area contributed by atoms with E-state index < -0.39 is 11.8 Å². The van der Waals surface area contributed by atoms with E-state index >= 15 is 0 Å². The van der Waals surface area contributed by atoms with Crippen LogP contribution in [-0.4, -0.2) is 32.6 Å². The Morgan fingerprint density at radius 1 is 1.10 bits per heavy atom. The molecule has 0 unspecified atom stereocenters. The van der Waals surface area contributed by atoms with Crippen molar-refractivity contribution in [3.8, 4) is 0 Å². The Bertz CT molecular complexity index is 418. The number of Topliss-reactive ketones (excluding diaryl/α,β-unsaturated/α-hetero) is 1. The lowest BCUT2D eigenvalue weighted by Crippen LogP contribution is -2.12.